The van der Waals surface area contributed by atoms with Crippen molar-refractivity contribution in [2.75, 3.05) is 25.6 Å². The van der Waals surface area contributed by atoms with Gasteiger partial charge >= 0.3 is 6.18 Å². The topological polar surface area (TPSA) is 64.9 Å². The van der Waals surface area contributed by atoms with Crippen molar-refractivity contribution in [2.45, 2.75) is 12.8 Å². The Morgan fingerprint density at radius 1 is 1.11 bits per heavy atom. The number of amides is 1. The second kappa shape index (κ2) is 10.8. The number of hydrogen-bond acceptors (Lipinski definition) is 4. The first-order chi connectivity index (χ1) is 17.2. The maximum Gasteiger partial charge on any atom is 0.417 e. The molecule has 2 heterocycles. The SMILES string of the molecule is COCCOCc1nc2c(-c3ccc(C(F)(F)F)c(C(=O)Nc4ccc(F)cc4)c3)cccn2c1Br. The fraction of sp³-hybridized carbons (Fsp3) is 0.200. The van der Waals surface area contributed by atoms with Crippen LogP contribution in [0.15, 0.2) is 65.4 Å². The number of aromatic nitrogens is 2. The average molecular weight is 566 g/mol. The van der Waals surface area contributed by atoms with Crippen LogP contribution in [0.1, 0.15) is 21.6 Å². The van der Waals surface area contributed by atoms with E-state index in [-0.39, 0.29) is 12.3 Å². The summed E-state index contributed by atoms with van der Waals surface area (Å²) in [6.07, 6.45) is -3.01. The molecule has 11 heteroatoms. The summed E-state index contributed by atoms with van der Waals surface area (Å²) in [5, 5.41) is 2.40. The molecule has 0 aliphatic rings. The highest BCUT2D eigenvalue weighted by atomic mass is 79.9. The highest BCUT2D eigenvalue weighted by molar-refractivity contribution is 9.10. The molecule has 36 heavy (non-hydrogen) atoms. The minimum atomic E-state index is -4.76. The summed E-state index contributed by atoms with van der Waals surface area (Å²) in [6.45, 7) is 0.989. The minimum Gasteiger partial charge on any atom is -0.382 e. The molecule has 0 radical (unpaired) electrons. The molecule has 4 aromatic rings. The van der Waals surface area contributed by atoms with Gasteiger partial charge in [0.25, 0.3) is 5.91 Å². The molecular weight excluding hydrogens is 546 g/mol. The number of halogens is 5. The monoisotopic (exact) mass is 565 g/mol. The van der Waals surface area contributed by atoms with Crippen molar-refractivity contribution in [2.24, 2.45) is 0 Å². The molecule has 0 bridgehead atoms. The molecule has 6 nitrogen and oxygen atoms in total. The number of carbonyl (C=O) groups excluding carboxylic acids is 1. The second-order valence-corrected chi connectivity index (χ2v) is 8.48. The molecule has 1 amide bonds. The van der Waals surface area contributed by atoms with E-state index in [0.717, 1.165) is 18.2 Å². The van der Waals surface area contributed by atoms with Crippen molar-refractivity contribution in [1.29, 1.82) is 0 Å². The molecule has 0 spiro atoms. The smallest absolute Gasteiger partial charge is 0.382 e. The Kier molecular flexibility index (Phi) is 7.72. The molecule has 0 aliphatic heterocycles. The summed E-state index contributed by atoms with van der Waals surface area (Å²) in [7, 11) is 1.56. The van der Waals surface area contributed by atoms with Crippen LogP contribution in [0, 0.1) is 5.82 Å². The van der Waals surface area contributed by atoms with Crippen molar-refractivity contribution in [3.8, 4) is 11.1 Å². The molecule has 0 saturated heterocycles. The van der Waals surface area contributed by atoms with Gasteiger partial charge < -0.3 is 14.8 Å². The predicted molar refractivity (Wildman–Crippen MR) is 129 cm³/mol. The van der Waals surface area contributed by atoms with E-state index in [9.17, 15) is 22.4 Å². The summed E-state index contributed by atoms with van der Waals surface area (Å²) < 4.78 is 67.3. The highest BCUT2D eigenvalue weighted by Gasteiger charge is 2.35. The summed E-state index contributed by atoms with van der Waals surface area (Å²) >= 11 is 3.49. The lowest BCUT2D eigenvalue weighted by atomic mass is 9.98. The van der Waals surface area contributed by atoms with Gasteiger partial charge in [-0.25, -0.2) is 9.37 Å². The lowest BCUT2D eigenvalue weighted by Crippen LogP contribution is -2.19. The van der Waals surface area contributed by atoms with E-state index in [2.05, 4.69) is 26.2 Å². The van der Waals surface area contributed by atoms with E-state index in [1.54, 1.807) is 29.8 Å². The Hall–Kier alpha value is -3.28. The lowest BCUT2D eigenvalue weighted by molar-refractivity contribution is -0.137. The third-order valence-corrected chi connectivity index (χ3v) is 6.15. The highest BCUT2D eigenvalue weighted by Crippen LogP contribution is 2.36. The first kappa shape index (κ1) is 25.8. The Morgan fingerprint density at radius 3 is 2.56 bits per heavy atom. The number of fused-ring (bicyclic) bond motifs is 1. The Morgan fingerprint density at radius 2 is 1.86 bits per heavy atom. The summed E-state index contributed by atoms with van der Waals surface area (Å²) in [5.41, 5.74) is 0.458. The number of alkyl halides is 3. The molecule has 4 rings (SSSR count). The molecule has 0 atom stereocenters. The number of imidazole rings is 1. The van der Waals surface area contributed by atoms with Gasteiger partial charge in [-0.1, -0.05) is 6.07 Å². The van der Waals surface area contributed by atoms with E-state index in [0.29, 0.717) is 40.3 Å². The Balaban J connectivity index is 1.74. The van der Waals surface area contributed by atoms with Crippen LogP contribution in [0.2, 0.25) is 0 Å². The van der Waals surface area contributed by atoms with Crippen LogP contribution in [-0.4, -0.2) is 35.6 Å². The second-order valence-electron chi connectivity index (χ2n) is 7.73. The zero-order chi connectivity index (χ0) is 25.9. The van der Waals surface area contributed by atoms with E-state index >= 15 is 0 Å². The molecular formula is C25H20BrF4N3O3. The molecule has 2 aromatic heterocycles. The van der Waals surface area contributed by atoms with Gasteiger partial charge in [-0.15, -0.1) is 0 Å². The van der Waals surface area contributed by atoms with Gasteiger partial charge in [-0.05, 0) is 70.0 Å². The van der Waals surface area contributed by atoms with E-state index < -0.39 is 29.0 Å². The van der Waals surface area contributed by atoms with Gasteiger partial charge in [-0.2, -0.15) is 13.2 Å². The summed E-state index contributed by atoms with van der Waals surface area (Å²) in [5.74, 6) is -1.51. The van der Waals surface area contributed by atoms with Crippen molar-refractivity contribution >= 4 is 33.2 Å². The first-order valence-electron chi connectivity index (χ1n) is 10.7. The van der Waals surface area contributed by atoms with Crippen molar-refractivity contribution in [3.05, 3.63) is 88.0 Å². The predicted octanol–water partition coefficient (Wildman–Crippen LogP) is 6.34. The fourth-order valence-electron chi connectivity index (χ4n) is 3.59. The molecule has 0 fully saturated rings. The number of ether oxygens (including phenoxy) is 2. The summed E-state index contributed by atoms with van der Waals surface area (Å²) in [4.78, 5) is 17.5. The quantitative estimate of drug-likeness (QED) is 0.200. The van der Waals surface area contributed by atoms with E-state index in [1.807, 2.05) is 0 Å². The number of hydrogen-bond donors (Lipinski definition) is 1. The number of methoxy groups -OCH3 is 1. The van der Waals surface area contributed by atoms with E-state index in [4.69, 9.17) is 9.47 Å². The number of nitrogens with zero attached hydrogens (tertiary/aromatic N) is 2. The van der Waals surface area contributed by atoms with Gasteiger partial charge in [0.05, 0.1) is 36.6 Å². The van der Waals surface area contributed by atoms with Crippen LogP contribution in [0.4, 0.5) is 23.2 Å². The Labute approximate surface area is 212 Å². The minimum absolute atomic E-state index is 0.164. The molecule has 188 valence electrons. The third-order valence-electron chi connectivity index (χ3n) is 5.31. The van der Waals surface area contributed by atoms with Crippen LogP contribution in [-0.2, 0) is 22.3 Å². The van der Waals surface area contributed by atoms with Gasteiger partial charge in [0.2, 0.25) is 0 Å². The third kappa shape index (κ3) is 5.58. The number of carbonyl (C=O) groups is 1. The molecule has 0 aliphatic carbocycles. The standard InChI is InChI=1S/C25H20BrF4N3O3/c1-35-11-12-36-14-21-22(26)33-10-2-3-18(23(33)32-21)15-4-9-20(25(28,29)30)19(13-15)24(34)31-17-7-5-16(27)6-8-17/h2-10,13H,11-12,14H2,1H3,(H,31,34). The van der Waals surface area contributed by atoms with Crippen molar-refractivity contribution in [1.82, 2.24) is 9.38 Å². The number of nitrogens with one attached hydrogen (secondary N) is 1. The van der Waals surface area contributed by atoms with Gasteiger partial charge in [0.1, 0.15) is 16.1 Å². The van der Waals surface area contributed by atoms with Crippen LogP contribution < -0.4 is 5.32 Å². The largest absolute Gasteiger partial charge is 0.417 e. The maximum absolute atomic E-state index is 13.7. The summed E-state index contributed by atoms with van der Waals surface area (Å²) in [6, 6.07) is 11.5. The molecule has 1 N–H and O–H groups in total. The number of pyridine rings is 1. The lowest BCUT2D eigenvalue weighted by Gasteiger charge is -2.15. The van der Waals surface area contributed by atoms with Crippen molar-refractivity contribution in [3.63, 3.8) is 0 Å². The van der Waals surface area contributed by atoms with Crippen LogP contribution in [0.25, 0.3) is 16.8 Å². The zero-order valence-corrected chi connectivity index (χ0v) is 20.5. The first-order valence-corrected chi connectivity index (χ1v) is 11.5. The molecule has 0 unspecified atom stereocenters. The molecule has 0 saturated carbocycles. The van der Waals surface area contributed by atoms with Crippen LogP contribution >= 0.6 is 15.9 Å². The van der Waals surface area contributed by atoms with Gasteiger partial charge in [0.15, 0.2) is 0 Å². The van der Waals surface area contributed by atoms with Crippen LogP contribution in [0.5, 0.6) is 0 Å². The van der Waals surface area contributed by atoms with Gasteiger partial charge in [0, 0.05) is 24.6 Å². The van der Waals surface area contributed by atoms with E-state index in [1.165, 1.54) is 24.3 Å². The normalized spacial score (nSPS) is 11.7. The Bertz CT molecular complexity index is 1390. The zero-order valence-electron chi connectivity index (χ0n) is 18.9. The number of benzene rings is 2. The van der Waals surface area contributed by atoms with Crippen LogP contribution in [0.3, 0.4) is 0 Å². The van der Waals surface area contributed by atoms with Crippen molar-refractivity contribution < 1.29 is 31.8 Å². The molecule has 2 aromatic carbocycles. The average Bonchev–Trinajstić information content (AvgIpc) is 3.18. The number of rotatable bonds is 8. The number of anilines is 1. The maximum atomic E-state index is 13.7. The van der Waals surface area contributed by atoms with Gasteiger partial charge in [-0.3, -0.25) is 9.20 Å². The fourth-order valence-corrected chi connectivity index (χ4v) is 4.08.